The summed E-state index contributed by atoms with van der Waals surface area (Å²) in [6.45, 7) is 0. The Kier molecular flexibility index (Phi) is 3.39. The third-order valence-electron chi connectivity index (χ3n) is 2.55. The van der Waals surface area contributed by atoms with Gasteiger partial charge in [-0.3, -0.25) is 4.68 Å². The van der Waals surface area contributed by atoms with Crippen molar-refractivity contribution in [3.05, 3.63) is 41.6 Å². The summed E-state index contributed by atoms with van der Waals surface area (Å²) in [7, 11) is 1.66. The number of carboxylic acids is 1. The molecule has 0 saturated carbocycles. The molecule has 0 bridgehead atoms. The summed E-state index contributed by atoms with van der Waals surface area (Å²) >= 11 is 0. The van der Waals surface area contributed by atoms with E-state index in [1.165, 1.54) is 4.68 Å². The van der Waals surface area contributed by atoms with E-state index in [1.807, 2.05) is 0 Å². The number of rotatable bonds is 3. The zero-order valence-electron chi connectivity index (χ0n) is 10.3. The third-order valence-corrected chi connectivity index (χ3v) is 2.55. The van der Waals surface area contributed by atoms with Gasteiger partial charge in [0.25, 0.3) is 0 Å². The number of anilines is 2. The second kappa shape index (κ2) is 4.87. The molecule has 0 aliphatic carbocycles. The van der Waals surface area contributed by atoms with Crippen LogP contribution in [0.15, 0.2) is 30.5 Å². The molecule has 0 atom stereocenters. The molecule has 0 saturated heterocycles. The second-order valence-corrected chi connectivity index (χ2v) is 4.06. The molecule has 0 spiro atoms. The Balaban J connectivity index is 2.40. The van der Waals surface area contributed by atoms with Gasteiger partial charge in [-0.15, -0.1) is 0 Å². The number of alkyl halides is 3. The Labute approximate surface area is 111 Å². The van der Waals surface area contributed by atoms with E-state index in [2.05, 4.69) is 10.4 Å². The lowest BCUT2D eigenvalue weighted by Gasteiger charge is -2.11. The van der Waals surface area contributed by atoms with Crippen LogP contribution in [0.2, 0.25) is 0 Å². The minimum atomic E-state index is -4.59. The largest absolute Gasteiger partial charge is 0.478 e. The number of nitrogens with one attached hydrogen (secondary N) is 1. The van der Waals surface area contributed by atoms with Crippen molar-refractivity contribution in [3.63, 3.8) is 0 Å². The number of hydrogen-bond acceptors (Lipinski definition) is 3. The van der Waals surface area contributed by atoms with Crippen molar-refractivity contribution in [1.82, 2.24) is 9.78 Å². The van der Waals surface area contributed by atoms with Crippen LogP contribution in [0, 0.1) is 0 Å². The van der Waals surface area contributed by atoms with Crippen molar-refractivity contribution in [1.29, 1.82) is 0 Å². The van der Waals surface area contributed by atoms with Gasteiger partial charge in [-0.1, -0.05) is 0 Å². The summed E-state index contributed by atoms with van der Waals surface area (Å²) in [5, 5.41) is 15.6. The molecule has 5 nitrogen and oxygen atoms in total. The number of benzene rings is 1. The SMILES string of the molecule is Cn1ccc(Nc2ccc(C(F)(F)F)cc2C(=O)O)n1. The molecule has 1 aromatic carbocycles. The first-order valence-electron chi connectivity index (χ1n) is 5.48. The van der Waals surface area contributed by atoms with Crippen LogP contribution in [-0.2, 0) is 13.2 Å². The highest BCUT2D eigenvalue weighted by molar-refractivity contribution is 5.95. The van der Waals surface area contributed by atoms with Crippen LogP contribution >= 0.6 is 0 Å². The van der Waals surface area contributed by atoms with Crippen LogP contribution in [0.5, 0.6) is 0 Å². The van der Waals surface area contributed by atoms with E-state index in [4.69, 9.17) is 5.11 Å². The number of nitrogens with zero attached hydrogens (tertiary/aromatic N) is 2. The molecular weight excluding hydrogens is 275 g/mol. The molecule has 0 fully saturated rings. The summed E-state index contributed by atoms with van der Waals surface area (Å²) in [5.41, 5.74) is -1.43. The van der Waals surface area contributed by atoms with Crippen LogP contribution in [0.3, 0.4) is 0 Å². The Morgan fingerprint density at radius 2 is 2.05 bits per heavy atom. The minimum Gasteiger partial charge on any atom is -0.478 e. The van der Waals surface area contributed by atoms with Crippen LogP contribution in [0.25, 0.3) is 0 Å². The number of carbonyl (C=O) groups is 1. The predicted octanol–water partition coefficient (Wildman–Crippen LogP) is 2.88. The van der Waals surface area contributed by atoms with Gasteiger partial charge in [-0.2, -0.15) is 18.3 Å². The van der Waals surface area contributed by atoms with Crippen LogP contribution in [-0.4, -0.2) is 20.9 Å². The molecule has 1 heterocycles. The molecular formula is C12H10F3N3O2. The maximum absolute atomic E-state index is 12.6. The molecule has 2 aromatic rings. The fourth-order valence-electron chi connectivity index (χ4n) is 1.63. The molecule has 0 amide bonds. The normalized spacial score (nSPS) is 11.4. The lowest BCUT2D eigenvalue weighted by molar-refractivity contribution is -0.137. The number of aromatic nitrogens is 2. The van der Waals surface area contributed by atoms with E-state index < -0.39 is 23.3 Å². The first-order chi connectivity index (χ1) is 9.27. The third kappa shape index (κ3) is 2.90. The van der Waals surface area contributed by atoms with Crippen LogP contribution < -0.4 is 5.32 Å². The maximum atomic E-state index is 12.6. The molecule has 20 heavy (non-hydrogen) atoms. The fraction of sp³-hybridized carbons (Fsp3) is 0.167. The van der Waals surface area contributed by atoms with Crippen molar-refractivity contribution in [2.75, 3.05) is 5.32 Å². The summed E-state index contributed by atoms with van der Waals surface area (Å²) in [6.07, 6.45) is -2.97. The standard InChI is InChI=1S/C12H10F3N3O2/c1-18-5-4-10(17-18)16-9-3-2-7(12(13,14)15)6-8(9)11(19)20/h2-6H,1H3,(H,16,17)(H,19,20). The van der Waals surface area contributed by atoms with Crippen molar-refractivity contribution < 1.29 is 23.1 Å². The Morgan fingerprint density at radius 3 is 2.55 bits per heavy atom. The Bertz CT molecular complexity index is 650. The van der Waals surface area contributed by atoms with Gasteiger partial charge in [-0.25, -0.2) is 4.79 Å². The zero-order chi connectivity index (χ0) is 14.9. The molecule has 0 aliphatic rings. The van der Waals surface area contributed by atoms with Crippen molar-refractivity contribution in [2.24, 2.45) is 7.05 Å². The van der Waals surface area contributed by atoms with Crippen LogP contribution in [0.1, 0.15) is 15.9 Å². The maximum Gasteiger partial charge on any atom is 0.416 e. The first-order valence-corrected chi connectivity index (χ1v) is 5.48. The molecule has 1 aromatic heterocycles. The number of carboxylic acid groups (broad SMARTS) is 1. The van der Waals surface area contributed by atoms with Gasteiger partial charge in [0, 0.05) is 19.3 Å². The number of aromatic carboxylic acids is 1. The Hall–Kier alpha value is -2.51. The summed E-state index contributed by atoms with van der Waals surface area (Å²) in [6, 6.07) is 4.05. The molecule has 2 N–H and O–H groups in total. The predicted molar refractivity (Wildman–Crippen MR) is 64.9 cm³/mol. The molecule has 0 unspecified atom stereocenters. The lowest BCUT2D eigenvalue weighted by atomic mass is 10.1. The van der Waals surface area contributed by atoms with E-state index in [9.17, 15) is 18.0 Å². The van der Waals surface area contributed by atoms with Crippen LogP contribution in [0.4, 0.5) is 24.7 Å². The number of halogens is 3. The monoisotopic (exact) mass is 285 g/mol. The molecule has 8 heteroatoms. The fourth-order valence-corrected chi connectivity index (χ4v) is 1.63. The minimum absolute atomic E-state index is 0.0456. The Morgan fingerprint density at radius 1 is 1.35 bits per heavy atom. The van der Waals surface area contributed by atoms with Gasteiger partial charge in [0.2, 0.25) is 0 Å². The van der Waals surface area contributed by atoms with E-state index in [0.717, 1.165) is 12.1 Å². The summed E-state index contributed by atoms with van der Waals surface area (Å²) in [4.78, 5) is 11.1. The molecule has 0 radical (unpaired) electrons. The van der Waals surface area contributed by atoms with Gasteiger partial charge in [-0.05, 0) is 18.2 Å². The average molecular weight is 285 g/mol. The van der Waals surface area contributed by atoms with Crippen molar-refractivity contribution >= 4 is 17.5 Å². The highest BCUT2D eigenvalue weighted by Crippen LogP contribution is 2.32. The molecule has 2 rings (SSSR count). The highest BCUT2D eigenvalue weighted by atomic mass is 19.4. The number of hydrogen-bond donors (Lipinski definition) is 2. The molecule has 0 aliphatic heterocycles. The van der Waals surface area contributed by atoms with E-state index in [0.29, 0.717) is 11.9 Å². The lowest BCUT2D eigenvalue weighted by Crippen LogP contribution is -2.09. The van der Waals surface area contributed by atoms with Crippen molar-refractivity contribution in [3.8, 4) is 0 Å². The quantitative estimate of drug-likeness (QED) is 0.910. The zero-order valence-corrected chi connectivity index (χ0v) is 10.3. The van der Waals surface area contributed by atoms with Crippen molar-refractivity contribution in [2.45, 2.75) is 6.18 Å². The van der Waals surface area contributed by atoms with E-state index in [-0.39, 0.29) is 5.69 Å². The van der Waals surface area contributed by atoms with Gasteiger partial charge in [0.1, 0.15) is 0 Å². The highest BCUT2D eigenvalue weighted by Gasteiger charge is 2.31. The van der Waals surface area contributed by atoms with Gasteiger partial charge < -0.3 is 10.4 Å². The summed E-state index contributed by atoms with van der Waals surface area (Å²) < 4.78 is 39.2. The summed E-state index contributed by atoms with van der Waals surface area (Å²) in [5.74, 6) is -1.11. The van der Waals surface area contributed by atoms with E-state index >= 15 is 0 Å². The van der Waals surface area contributed by atoms with Gasteiger partial charge in [0.15, 0.2) is 5.82 Å². The first kappa shape index (κ1) is 13.9. The average Bonchev–Trinajstić information content (AvgIpc) is 2.73. The van der Waals surface area contributed by atoms with E-state index in [1.54, 1.807) is 19.3 Å². The topological polar surface area (TPSA) is 67.2 Å². The van der Waals surface area contributed by atoms with Gasteiger partial charge >= 0.3 is 12.1 Å². The number of aryl methyl sites for hydroxylation is 1. The molecule has 106 valence electrons. The second-order valence-electron chi connectivity index (χ2n) is 4.06. The van der Waals surface area contributed by atoms with Gasteiger partial charge in [0.05, 0.1) is 16.8 Å². The smallest absolute Gasteiger partial charge is 0.416 e.